The normalized spacial score (nSPS) is 13.3. The summed E-state index contributed by atoms with van der Waals surface area (Å²) in [5.74, 6) is -1.19. The summed E-state index contributed by atoms with van der Waals surface area (Å²) >= 11 is 6.08. The second-order valence-corrected chi connectivity index (χ2v) is 8.17. The summed E-state index contributed by atoms with van der Waals surface area (Å²) in [5.41, 5.74) is 0.104. The molecule has 0 spiro atoms. The Morgan fingerprint density at radius 1 is 1.23 bits per heavy atom. The van der Waals surface area contributed by atoms with E-state index < -0.39 is 28.4 Å². The number of carbonyl (C=O) groups is 2. The molecule has 0 aromatic heterocycles. The largest absolute Gasteiger partial charge is 0.495 e. The Morgan fingerprint density at radius 3 is 2.57 bits per heavy atom. The number of fused-ring (bicyclic) bond motifs is 1. The fourth-order valence-electron chi connectivity index (χ4n) is 2.80. The molecule has 0 fully saturated rings. The summed E-state index contributed by atoms with van der Waals surface area (Å²) in [7, 11) is -1.40. The molecule has 0 radical (unpaired) electrons. The second kappa shape index (κ2) is 8.28. The van der Waals surface area contributed by atoms with Gasteiger partial charge in [-0.25, -0.2) is 8.42 Å². The molecule has 160 valence electrons. The number of aliphatic carboxylic acids is 1. The average Bonchev–Trinajstić information content (AvgIpc) is 2.69. The van der Waals surface area contributed by atoms with Crippen LogP contribution in [0.25, 0.3) is 0 Å². The van der Waals surface area contributed by atoms with E-state index in [2.05, 4.69) is 4.72 Å². The van der Waals surface area contributed by atoms with E-state index in [0.717, 1.165) is 11.0 Å². The first-order valence-corrected chi connectivity index (χ1v) is 10.3. The van der Waals surface area contributed by atoms with Gasteiger partial charge in [-0.3, -0.25) is 19.2 Å². The second-order valence-electron chi connectivity index (χ2n) is 6.08. The quantitative estimate of drug-likeness (QED) is 0.646. The van der Waals surface area contributed by atoms with Crippen molar-refractivity contribution in [2.75, 3.05) is 37.0 Å². The highest BCUT2D eigenvalue weighted by molar-refractivity contribution is 7.92. The zero-order valence-electron chi connectivity index (χ0n) is 15.8. The monoisotopic (exact) mass is 456 g/mol. The number of anilines is 2. The van der Waals surface area contributed by atoms with Crippen LogP contribution in [-0.2, 0) is 19.6 Å². The van der Waals surface area contributed by atoms with Gasteiger partial charge >= 0.3 is 5.97 Å². The van der Waals surface area contributed by atoms with Crippen LogP contribution in [0.4, 0.5) is 11.4 Å². The number of nitrogens with zero attached hydrogens (tertiary/aromatic N) is 1. The van der Waals surface area contributed by atoms with Gasteiger partial charge in [0, 0.05) is 6.07 Å². The van der Waals surface area contributed by atoms with Gasteiger partial charge in [0.25, 0.3) is 15.9 Å². The number of hydrogen-bond acceptors (Lipinski definition) is 7. The molecule has 1 aliphatic rings. The fraction of sp³-hybridized carbons (Fsp3) is 0.222. The van der Waals surface area contributed by atoms with E-state index >= 15 is 0 Å². The van der Waals surface area contributed by atoms with Crippen molar-refractivity contribution in [3.8, 4) is 17.2 Å². The molecule has 0 bridgehead atoms. The maximum Gasteiger partial charge on any atom is 0.323 e. The van der Waals surface area contributed by atoms with Gasteiger partial charge in [-0.05, 0) is 24.3 Å². The molecule has 3 rings (SSSR count). The number of halogens is 1. The minimum atomic E-state index is -4.16. The first kappa shape index (κ1) is 21.5. The van der Waals surface area contributed by atoms with Crippen molar-refractivity contribution >= 4 is 44.9 Å². The Bertz CT molecular complexity index is 1120. The third kappa shape index (κ3) is 4.21. The number of carboxylic acid groups (broad SMARTS) is 1. The van der Waals surface area contributed by atoms with Crippen molar-refractivity contribution in [3.63, 3.8) is 0 Å². The zero-order chi connectivity index (χ0) is 22.1. The SMILES string of the molecule is COc1cc(OC)c(NS(=O)(=O)c2ccc3c(c2)N(CC(=O)O)C(=O)CO3)cc1Cl. The van der Waals surface area contributed by atoms with E-state index in [1.165, 1.54) is 38.5 Å². The summed E-state index contributed by atoms with van der Waals surface area (Å²) < 4.78 is 43.8. The van der Waals surface area contributed by atoms with Crippen molar-refractivity contribution in [2.24, 2.45) is 0 Å². The van der Waals surface area contributed by atoms with Crippen LogP contribution in [0.5, 0.6) is 17.2 Å². The van der Waals surface area contributed by atoms with Crippen molar-refractivity contribution in [1.29, 1.82) is 0 Å². The van der Waals surface area contributed by atoms with E-state index in [9.17, 15) is 18.0 Å². The number of methoxy groups -OCH3 is 2. The molecule has 1 amide bonds. The lowest BCUT2D eigenvalue weighted by Gasteiger charge is -2.28. The maximum absolute atomic E-state index is 12.9. The van der Waals surface area contributed by atoms with Crippen LogP contribution in [0.1, 0.15) is 0 Å². The maximum atomic E-state index is 12.9. The van der Waals surface area contributed by atoms with Crippen LogP contribution in [0, 0.1) is 0 Å². The molecule has 0 atom stereocenters. The van der Waals surface area contributed by atoms with Gasteiger partial charge in [0.15, 0.2) is 6.61 Å². The van der Waals surface area contributed by atoms with Gasteiger partial charge in [-0.2, -0.15) is 0 Å². The van der Waals surface area contributed by atoms with Crippen LogP contribution in [-0.4, -0.2) is 52.8 Å². The molecule has 2 aromatic carbocycles. The highest BCUT2D eigenvalue weighted by Gasteiger charge is 2.29. The third-order valence-corrected chi connectivity index (χ3v) is 5.85. The predicted octanol–water partition coefficient (Wildman–Crippen LogP) is 1.97. The molecule has 1 aliphatic heterocycles. The highest BCUT2D eigenvalue weighted by atomic mass is 35.5. The van der Waals surface area contributed by atoms with E-state index in [1.54, 1.807) is 0 Å². The number of hydrogen-bond donors (Lipinski definition) is 2. The van der Waals surface area contributed by atoms with E-state index in [4.69, 9.17) is 30.9 Å². The molecule has 1 heterocycles. The number of nitrogens with one attached hydrogen (secondary N) is 1. The highest BCUT2D eigenvalue weighted by Crippen LogP contribution is 2.38. The fourth-order valence-corrected chi connectivity index (χ4v) is 4.12. The molecule has 10 nitrogen and oxygen atoms in total. The molecule has 2 N–H and O–H groups in total. The van der Waals surface area contributed by atoms with Gasteiger partial charge in [0.2, 0.25) is 0 Å². The standard InChI is InChI=1S/C18H17ClN2O8S/c1-27-15-7-16(28-2)12(6-11(15)19)20-30(25,26)10-3-4-14-13(5-10)21(8-18(23)24)17(22)9-29-14/h3-7,20H,8-9H2,1-2H3,(H,23,24). The number of benzene rings is 2. The summed E-state index contributed by atoms with van der Waals surface area (Å²) in [5, 5.41) is 9.22. The number of sulfonamides is 1. The Kier molecular flexibility index (Phi) is 5.94. The minimum Gasteiger partial charge on any atom is -0.495 e. The number of ether oxygens (including phenoxy) is 3. The molecule has 30 heavy (non-hydrogen) atoms. The van der Waals surface area contributed by atoms with Gasteiger partial charge in [0.1, 0.15) is 23.8 Å². The summed E-state index contributed by atoms with van der Waals surface area (Å²) in [6.07, 6.45) is 0. The van der Waals surface area contributed by atoms with E-state index in [-0.39, 0.29) is 39.4 Å². The minimum absolute atomic E-state index is 0.0382. The Labute approximate surface area is 177 Å². The first-order chi connectivity index (χ1) is 14.2. The van der Waals surface area contributed by atoms with Gasteiger partial charge in [-0.15, -0.1) is 0 Å². The van der Waals surface area contributed by atoms with E-state index in [1.807, 2.05) is 0 Å². The van der Waals surface area contributed by atoms with Crippen LogP contribution in [0.3, 0.4) is 0 Å². The van der Waals surface area contributed by atoms with Crippen molar-refractivity contribution in [1.82, 2.24) is 0 Å². The van der Waals surface area contributed by atoms with Crippen LogP contribution >= 0.6 is 11.6 Å². The zero-order valence-corrected chi connectivity index (χ0v) is 17.4. The molecule has 0 aliphatic carbocycles. The lowest BCUT2D eigenvalue weighted by atomic mass is 10.2. The number of carbonyl (C=O) groups excluding carboxylic acids is 1. The Morgan fingerprint density at radius 2 is 1.93 bits per heavy atom. The average molecular weight is 457 g/mol. The summed E-state index contributed by atoms with van der Waals surface area (Å²) in [6, 6.07) is 6.54. The van der Waals surface area contributed by atoms with Gasteiger partial charge < -0.3 is 19.3 Å². The lowest BCUT2D eigenvalue weighted by molar-refractivity contribution is -0.137. The molecule has 0 saturated carbocycles. The lowest BCUT2D eigenvalue weighted by Crippen LogP contribution is -2.42. The van der Waals surface area contributed by atoms with Crippen molar-refractivity contribution in [2.45, 2.75) is 4.90 Å². The molecule has 0 saturated heterocycles. The molecule has 2 aromatic rings. The number of amides is 1. The number of rotatable bonds is 7. The third-order valence-electron chi connectivity index (χ3n) is 4.20. The topological polar surface area (TPSA) is 131 Å². The summed E-state index contributed by atoms with van der Waals surface area (Å²) in [4.78, 5) is 23.9. The first-order valence-electron chi connectivity index (χ1n) is 8.39. The van der Waals surface area contributed by atoms with E-state index in [0.29, 0.717) is 5.75 Å². The Balaban J connectivity index is 2.00. The van der Waals surface area contributed by atoms with Gasteiger partial charge in [0.05, 0.1) is 35.5 Å². The molecule has 12 heteroatoms. The smallest absolute Gasteiger partial charge is 0.323 e. The van der Waals surface area contributed by atoms with Crippen LogP contribution < -0.4 is 23.8 Å². The predicted molar refractivity (Wildman–Crippen MR) is 107 cm³/mol. The summed E-state index contributed by atoms with van der Waals surface area (Å²) in [6.45, 7) is -0.972. The van der Waals surface area contributed by atoms with Gasteiger partial charge in [-0.1, -0.05) is 11.6 Å². The Hall–Kier alpha value is -3.18. The van der Waals surface area contributed by atoms with Crippen molar-refractivity contribution < 1.29 is 37.3 Å². The number of carboxylic acids is 1. The molecular weight excluding hydrogens is 440 g/mol. The molecule has 0 unspecified atom stereocenters. The van der Waals surface area contributed by atoms with Crippen LogP contribution in [0.2, 0.25) is 5.02 Å². The van der Waals surface area contributed by atoms with Crippen LogP contribution in [0.15, 0.2) is 35.2 Å². The van der Waals surface area contributed by atoms with Crippen molar-refractivity contribution in [3.05, 3.63) is 35.4 Å². The molecular formula is C18H17ClN2O8S.